The highest BCUT2D eigenvalue weighted by atomic mass is 19.1. The molecule has 25 heavy (non-hydrogen) atoms. The van der Waals surface area contributed by atoms with Crippen LogP contribution in [0.1, 0.15) is 28.4 Å². The maximum Gasteiger partial charge on any atom is 0.143 e. The number of benzene rings is 2. The molecule has 0 aliphatic carbocycles. The molecule has 0 spiro atoms. The zero-order chi connectivity index (χ0) is 17.6. The van der Waals surface area contributed by atoms with Crippen LogP contribution in [-0.4, -0.2) is 4.98 Å². The predicted octanol–water partition coefficient (Wildman–Crippen LogP) is 4.80. The largest absolute Gasteiger partial charge is 0.375 e. The van der Waals surface area contributed by atoms with Crippen LogP contribution in [0.3, 0.4) is 0 Å². The Labute approximate surface area is 146 Å². The van der Waals surface area contributed by atoms with E-state index in [0.29, 0.717) is 12.1 Å². The molecule has 0 aliphatic heterocycles. The number of halogens is 1. The summed E-state index contributed by atoms with van der Waals surface area (Å²) >= 11 is 0. The van der Waals surface area contributed by atoms with E-state index < -0.39 is 5.82 Å². The van der Waals surface area contributed by atoms with E-state index >= 15 is 0 Å². The monoisotopic (exact) mass is 331 g/mol. The van der Waals surface area contributed by atoms with Crippen molar-refractivity contribution < 1.29 is 4.39 Å². The van der Waals surface area contributed by atoms with Crippen molar-refractivity contribution in [3.8, 4) is 6.07 Å². The number of pyridine rings is 1. The lowest BCUT2D eigenvalue weighted by atomic mass is 10.0. The zero-order valence-electron chi connectivity index (χ0n) is 13.9. The molecule has 0 saturated carbocycles. The fourth-order valence-electron chi connectivity index (χ4n) is 2.72. The first-order chi connectivity index (χ1) is 12.2. The second kappa shape index (κ2) is 7.59. The second-order valence-corrected chi connectivity index (χ2v) is 5.92. The molecule has 3 nitrogen and oxygen atoms in total. The molecule has 4 heteroatoms. The molecule has 1 atom stereocenters. The Kier molecular flexibility index (Phi) is 5.06. The highest BCUT2D eigenvalue weighted by molar-refractivity contribution is 5.59. The lowest BCUT2D eigenvalue weighted by Gasteiger charge is -2.20. The van der Waals surface area contributed by atoms with Crippen LogP contribution in [0, 0.1) is 24.1 Å². The Morgan fingerprint density at radius 2 is 1.88 bits per heavy atom. The van der Waals surface area contributed by atoms with Crippen molar-refractivity contribution in [3.63, 3.8) is 0 Å². The van der Waals surface area contributed by atoms with Gasteiger partial charge in [-0.25, -0.2) is 4.39 Å². The maximum atomic E-state index is 13.9. The van der Waals surface area contributed by atoms with Crippen LogP contribution < -0.4 is 5.32 Å². The number of hydrogen-bond acceptors (Lipinski definition) is 3. The van der Waals surface area contributed by atoms with Crippen LogP contribution in [0.2, 0.25) is 0 Å². The number of rotatable bonds is 5. The maximum absolute atomic E-state index is 13.9. The number of aromatic nitrogens is 1. The van der Waals surface area contributed by atoms with Crippen LogP contribution in [-0.2, 0) is 6.42 Å². The average Bonchev–Trinajstić information content (AvgIpc) is 2.64. The third kappa shape index (κ3) is 4.02. The van der Waals surface area contributed by atoms with E-state index in [2.05, 4.69) is 34.6 Å². The predicted molar refractivity (Wildman–Crippen MR) is 96.6 cm³/mol. The molecule has 124 valence electrons. The van der Waals surface area contributed by atoms with E-state index in [4.69, 9.17) is 0 Å². The molecule has 1 unspecified atom stereocenters. The van der Waals surface area contributed by atoms with Gasteiger partial charge in [0.2, 0.25) is 0 Å². The highest BCUT2D eigenvalue weighted by Gasteiger charge is 2.17. The molecule has 0 bridgehead atoms. The minimum atomic E-state index is -0.525. The van der Waals surface area contributed by atoms with Crippen molar-refractivity contribution in [2.24, 2.45) is 0 Å². The Balaban J connectivity index is 1.94. The Morgan fingerprint density at radius 1 is 1.08 bits per heavy atom. The van der Waals surface area contributed by atoms with E-state index in [1.165, 1.54) is 11.6 Å². The molecule has 1 N–H and O–H groups in total. The standard InChI is InChI=1S/C21H18FN3/c1-15-8-10-16(11-9-15)13-21(20-6-2-3-12-24-20)25-19-7-4-5-18(22)17(19)14-23/h2-12,21,25H,13H2,1H3. The smallest absolute Gasteiger partial charge is 0.143 e. The fraction of sp³-hybridized carbons (Fsp3) is 0.143. The van der Waals surface area contributed by atoms with Crippen LogP contribution >= 0.6 is 0 Å². The second-order valence-electron chi connectivity index (χ2n) is 5.92. The number of nitrogens with one attached hydrogen (secondary N) is 1. The van der Waals surface area contributed by atoms with Gasteiger partial charge in [0.15, 0.2) is 0 Å². The molecule has 3 rings (SSSR count). The molecule has 0 fully saturated rings. The lowest BCUT2D eigenvalue weighted by Crippen LogP contribution is -2.16. The third-order valence-electron chi connectivity index (χ3n) is 4.06. The quantitative estimate of drug-likeness (QED) is 0.731. The molecule has 1 heterocycles. The van der Waals surface area contributed by atoms with Gasteiger partial charge in [-0.2, -0.15) is 5.26 Å². The summed E-state index contributed by atoms with van der Waals surface area (Å²) in [6.45, 7) is 2.05. The van der Waals surface area contributed by atoms with E-state index in [1.807, 2.05) is 31.2 Å². The molecule has 3 aromatic rings. The first-order valence-corrected chi connectivity index (χ1v) is 8.09. The van der Waals surface area contributed by atoms with E-state index in [1.54, 1.807) is 18.3 Å². The first kappa shape index (κ1) is 16.7. The first-order valence-electron chi connectivity index (χ1n) is 8.09. The number of nitrogens with zero attached hydrogens (tertiary/aromatic N) is 2. The molecule has 0 saturated heterocycles. The van der Waals surface area contributed by atoms with Gasteiger partial charge in [0.05, 0.1) is 17.4 Å². The normalized spacial score (nSPS) is 11.6. The van der Waals surface area contributed by atoms with Crippen molar-refractivity contribution in [3.05, 3.63) is 95.1 Å². The summed E-state index contributed by atoms with van der Waals surface area (Å²) in [6, 6.07) is 20.3. The summed E-state index contributed by atoms with van der Waals surface area (Å²) < 4.78 is 13.9. The van der Waals surface area contributed by atoms with Crippen molar-refractivity contribution >= 4 is 5.69 Å². The fourth-order valence-corrected chi connectivity index (χ4v) is 2.72. The van der Waals surface area contributed by atoms with Gasteiger partial charge in [-0.15, -0.1) is 0 Å². The van der Waals surface area contributed by atoms with Gasteiger partial charge >= 0.3 is 0 Å². The SMILES string of the molecule is Cc1ccc(CC(Nc2cccc(F)c2C#N)c2ccccn2)cc1. The summed E-state index contributed by atoms with van der Waals surface area (Å²) in [5.41, 5.74) is 3.68. The van der Waals surface area contributed by atoms with Crippen LogP contribution in [0.5, 0.6) is 0 Å². The molecule has 0 radical (unpaired) electrons. The molecular formula is C21H18FN3. The molecular weight excluding hydrogens is 313 g/mol. The van der Waals surface area contributed by atoms with Gasteiger partial charge in [-0.1, -0.05) is 42.0 Å². The Hall–Kier alpha value is -3.19. The molecule has 2 aromatic carbocycles. The summed E-state index contributed by atoms with van der Waals surface area (Å²) in [5.74, 6) is -0.525. The highest BCUT2D eigenvalue weighted by Crippen LogP contribution is 2.26. The lowest BCUT2D eigenvalue weighted by molar-refractivity contribution is 0.623. The number of aryl methyl sites for hydroxylation is 1. The van der Waals surface area contributed by atoms with Crippen LogP contribution in [0.25, 0.3) is 0 Å². The van der Waals surface area contributed by atoms with Gasteiger partial charge in [0.1, 0.15) is 17.4 Å². The minimum Gasteiger partial charge on any atom is -0.375 e. The molecule has 0 amide bonds. The van der Waals surface area contributed by atoms with Crippen LogP contribution in [0.4, 0.5) is 10.1 Å². The molecule has 0 aliphatic rings. The van der Waals surface area contributed by atoms with Crippen molar-refractivity contribution in [1.29, 1.82) is 5.26 Å². The van der Waals surface area contributed by atoms with E-state index in [-0.39, 0.29) is 11.6 Å². The van der Waals surface area contributed by atoms with Gasteiger partial charge < -0.3 is 5.32 Å². The van der Waals surface area contributed by atoms with Crippen molar-refractivity contribution in [2.75, 3.05) is 5.32 Å². The zero-order valence-corrected chi connectivity index (χ0v) is 13.9. The van der Waals surface area contributed by atoms with Gasteiger partial charge in [-0.05, 0) is 43.2 Å². The topological polar surface area (TPSA) is 48.7 Å². The van der Waals surface area contributed by atoms with Crippen molar-refractivity contribution in [2.45, 2.75) is 19.4 Å². The van der Waals surface area contributed by atoms with Gasteiger partial charge in [0.25, 0.3) is 0 Å². The number of hydrogen-bond donors (Lipinski definition) is 1. The average molecular weight is 331 g/mol. The van der Waals surface area contributed by atoms with Crippen LogP contribution in [0.15, 0.2) is 66.9 Å². The Bertz CT molecular complexity index is 883. The number of anilines is 1. The summed E-state index contributed by atoms with van der Waals surface area (Å²) in [6.07, 6.45) is 2.41. The van der Waals surface area contributed by atoms with E-state index in [9.17, 15) is 9.65 Å². The summed E-state index contributed by atoms with van der Waals surface area (Å²) in [5, 5.41) is 12.6. The molecule has 1 aromatic heterocycles. The Morgan fingerprint density at radius 3 is 2.56 bits per heavy atom. The van der Waals surface area contributed by atoms with Gasteiger partial charge in [0, 0.05) is 6.20 Å². The third-order valence-corrected chi connectivity index (χ3v) is 4.06. The summed E-state index contributed by atoms with van der Waals surface area (Å²) in [7, 11) is 0. The van der Waals surface area contributed by atoms with Crippen molar-refractivity contribution in [1.82, 2.24) is 4.98 Å². The van der Waals surface area contributed by atoms with Gasteiger partial charge in [-0.3, -0.25) is 4.98 Å². The minimum absolute atomic E-state index is 0.0207. The summed E-state index contributed by atoms with van der Waals surface area (Å²) in [4.78, 5) is 4.43. The number of nitriles is 1. The van der Waals surface area contributed by atoms with E-state index in [0.717, 1.165) is 11.3 Å².